The summed E-state index contributed by atoms with van der Waals surface area (Å²) in [7, 11) is 0. The third kappa shape index (κ3) is 7.19. The van der Waals surface area contributed by atoms with Crippen LogP contribution in [0, 0.1) is 5.92 Å². The summed E-state index contributed by atoms with van der Waals surface area (Å²) in [5.74, 6) is 0.954. The number of halogens is 1. The Hall–Kier alpha value is 0.250. The van der Waals surface area contributed by atoms with Crippen LogP contribution >= 0.6 is 12.4 Å². The van der Waals surface area contributed by atoms with E-state index in [4.69, 9.17) is 0 Å². The smallest absolute Gasteiger partial charge is 0.000750 e. The van der Waals surface area contributed by atoms with Gasteiger partial charge in [-0.25, -0.2) is 0 Å². The van der Waals surface area contributed by atoms with E-state index in [1.54, 1.807) is 0 Å². The first-order valence-corrected chi connectivity index (χ1v) is 6.55. The molecule has 2 heteroatoms. The standard InChI is InChI=1S/C13H27N.ClH/c1-3-4-5-6-7-8-10-14-11-9-13(2)12-14;/h13H,3-12H2,1-2H3;1H. The molecule has 0 spiro atoms. The number of rotatable bonds is 7. The lowest BCUT2D eigenvalue weighted by molar-refractivity contribution is 0.317. The predicted octanol–water partition coefficient (Wildman–Crippen LogP) is 4.11. The molecule has 0 aromatic rings. The Balaban J connectivity index is 0.00000196. The molecule has 1 fully saturated rings. The summed E-state index contributed by atoms with van der Waals surface area (Å²) >= 11 is 0. The van der Waals surface area contributed by atoms with Crippen molar-refractivity contribution in [2.45, 2.75) is 58.8 Å². The van der Waals surface area contributed by atoms with E-state index in [9.17, 15) is 0 Å². The fraction of sp³-hybridized carbons (Fsp3) is 1.00. The zero-order valence-electron chi connectivity index (χ0n) is 10.5. The van der Waals surface area contributed by atoms with Crippen LogP contribution < -0.4 is 0 Å². The highest BCUT2D eigenvalue weighted by molar-refractivity contribution is 5.85. The van der Waals surface area contributed by atoms with Gasteiger partial charge >= 0.3 is 0 Å². The minimum absolute atomic E-state index is 0. The molecule has 92 valence electrons. The topological polar surface area (TPSA) is 3.24 Å². The van der Waals surface area contributed by atoms with Crippen molar-refractivity contribution in [3.8, 4) is 0 Å². The van der Waals surface area contributed by atoms with E-state index in [2.05, 4.69) is 18.7 Å². The largest absolute Gasteiger partial charge is 0.303 e. The van der Waals surface area contributed by atoms with Crippen molar-refractivity contribution >= 4 is 12.4 Å². The van der Waals surface area contributed by atoms with Gasteiger partial charge < -0.3 is 4.90 Å². The summed E-state index contributed by atoms with van der Waals surface area (Å²) < 4.78 is 0. The number of hydrogen-bond donors (Lipinski definition) is 0. The van der Waals surface area contributed by atoms with Gasteiger partial charge in [0.2, 0.25) is 0 Å². The summed E-state index contributed by atoms with van der Waals surface area (Å²) in [5, 5.41) is 0. The van der Waals surface area contributed by atoms with Gasteiger partial charge in [0, 0.05) is 6.54 Å². The number of nitrogens with zero attached hydrogens (tertiary/aromatic N) is 1. The molecule has 0 aromatic heterocycles. The van der Waals surface area contributed by atoms with Gasteiger partial charge in [0.05, 0.1) is 0 Å². The minimum Gasteiger partial charge on any atom is -0.303 e. The van der Waals surface area contributed by atoms with Gasteiger partial charge in [-0.15, -0.1) is 12.4 Å². The monoisotopic (exact) mass is 233 g/mol. The maximum Gasteiger partial charge on any atom is 0.000750 e. The van der Waals surface area contributed by atoms with Crippen LogP contribution in [0.5, 0.6) is 0 Å². The van der Waals surface area contributed by atoms with Crippen LogP contribution in [0.25, 0.3) is 0 Å². The van der Waals surface area contributed by atoms with Gasteiger partial charge in [0.25, 0.3) is 0 Å². The Morgan fingerprint density at radius 1 is 1.07 bits per heavy atom. The van der Waals surface area contributed by atoms with Crippen molar-refractivity contribution in [2.75, 3.05) is 19.6 Å². The van der Waals surface area contributed by atoms with Gasteiger partial charge in [-0.1, -0.05) is 46.0 Å². The quantitative estimate of drug-likeness (QED) is 0.599. The maximum atomic E-state index is 2.64. The van der Waals surface area contributed by atoms with Crippen LogP contribution in [0.1, 0.15) is 58.8 Å². The summed E-state index contributed by atoms with van der Waals surface area (Å²) in [4.78, 5) is 2.64. The average Bonchev–Trinajstić information content (AvgIpc) is 2.58. The summed E-state index contributed by atoms with van der Waals surface area (Å²) in [6, 6.07) is 0. The second kappa shape index (κ2) is 9.47. The zero-order chi connectivity index (χ0) is 10.2. The lowest BCUT2D eigenvalue weighted by atomic mass is 10.1. The molecule has 1 nitrogen and oxygen atoms in total. The van der Waals surface area contributed by atoms with Crippen LogP contribution in [0.2, 0.25) is 0 Å². The SMILES string of the molecule is CCCCCCCCN1CCC(C)C1.Cl. The minimum atomic E-state index is 0. The van der Waals surface area contributed by atoms with Crippen molar-refractivity contribution in [3.05, 3.63) is 0 Å². The molecule has 0 aliphatic carbocycles. The molecule has 0 bridgehead atoms. The Morgan fingerprint density at radius 3 is 2.33 bits per heavy atom. The second-order valence-electron chi connectivity index (χ2n) is 4.96. The fourth-order valence-electron chi connectivity index (χ4n) is 2.35. The highest BCUT2D eigenvalue weighted by atomic mass is 35.5. The average molecular weight is 234 g/mol. The van der Waals surface area contributed by atoms with Crippen LogP contribution in [-0.4, -0.2) is 24.5 Å². The van der Waals surface area contributed by atoms with Gasteiger partial charge in [-0.05, 0) is 31.8 Å². The molecule has 0 saturated carbocycles. The van der Waals surface area contributed by atoms with E-state index in [-0.39, 0.29) is 12.4 Å². The number of likely N-dealkylation sites (tertiary alicyclic amines) is 1. The molecular formula is C13H28ClN. The molecule has 15 heavy (non-hydrogen) atoms. The van der Waals surface area contributed by atoms with Gasteiger partial charge in [-0.3, -0.25) is 0 Å². The molecule has 0 N–H and O–H groups in total. The molecule has 1 rings (SSSR count). The number of unbranched alkanes of at least 4 members (excludes halogenated alkanes) is 5. The second-order valence-corrected chi connectivity index (χ2v) is 4.96. The van der Waals surface area contributed by atoms with Crippen LogP contribution in [0.15, 0.2) is 0 Å². The van der Waals surface area contributed by atoms with Crippen LogP contribution in [0.3, 0.4) is 0 Å². The molecule has 1 aliphatic heterocycles. The third-order valence-corrected chi connectivity index (χ3v) is 3.34. The Kier molecular flexibility index (Phi) is 9.63. The Labute approximate surface area is 102 Å². The maximum absolute atomic E-state index is 2.64. The zero-order valence-corrected chi connectivity index (χ0v) is 11.3. The fourth-order valence-corrected chi connectivity index (χ4v) is 2.35. The van der Waals surface area contributed by atoms with E-state index in [0.717, 1.165) is 5.92 Å². The lowest BCUT2D eigenvalue weighted by Gasteiger charge is -2.14. The molecular weight excluding hydrogens is 206 g/mol. The van der Waals surface area contributed by atoms with Crippen molar-refractivity contribution in [2.24, 2.45) is 5.92 Å². The van der Waals surface area contributed by atoms with Crippen LogP contribution in [-0.2, 0) is 0 Å². The Bertz CT molecular complexity index is 138. The molecule has 1 unspecified atom stereocenters. The molecule has 0 amide bonds. The molecule has 1 saturated heterocycles. The molecule has 1 heterocycles. The summed E-state index contributed by atoms with van der Waals surface area (Å²) in [5.41, 5.74) is 0. The Morgan fingerprint density at radius 2 is 1.73 bits per heavy atom. The van der Waals surface area contributed by atoms with E-state index in [1.165, 1.54) is 64.6 Å². The molecule has 1 aliphatic rings. The van der Waals surface area contributed by atoms with E-state index >= 15 is 0 Å². The van der Waals surface area contributed by atoms with E-state index < -0.39 is 0 Å². The van der Waals surface area contributed by atoms with E-state index in [1.807, 2.05) is 0 Å². The highest BCUT2D eigenvalue weighted by Crippen LogP contribution is 2.15. The first-order valence-electron chi connectivity index (χ1n) is 6.55. The normalized spacial score (nSPS) is 21.6. The van der Waals surface area contributed by atoms with Crippen molar-refractivity contribution in [1.29, 1.82) is 0 Å². The predicted molar refractivity (Wildman–Crippen MR) is 70.8 cm³/mol. The van der Waals surface area contributed by atoms with Gasteiger partial charge in [-0.2, -0.15) is 0 Å². The molecule has 0 aromatic carbocycles. The van der Waals surface area contributed by atoms with Crippen LogP contribution in [0.4, 0.5) is 0 Å². The summed E-state index contributed by atoms with van der Waals surface area (Å²) in [6.07, 6.45) is 10.0. The number of hydrogen-bond acceptors (Lipinski definition) is 1. The first-order chi connectivity index (χ1) is 6.83. The molecule has 1 atom stereocenters. The molecule has 0 radical (unpaired) electrons. The van der Waals surface area contributed by atoms with Gasteiger partial charge in [0.1, 0.15) is 0 Å². The highest BCUT2D eigenvalue weighted by Gasteiger charge is 2.17. The van der Waals surface area contributed by atoms with Gasteiger partial charge in [0.15, 0.2) is 0 Å². The van der Waals surface area contributed by atoms with E-state index in [0.29, 0.717) is 0 Å². The third-order valence-electron chi connectivity index (χ3n) is 3.34. The summed E-state index contributed by atoms with van der Waals surface area (Å²) in [6.45, 7) is 8.73. The first kappa shape index (κ1) is 15.2. The van der Waals surface area contributed by atoms with Crippen molar-refractivity contribution < 1.29 is 0 Å². The lowest BCUT2D eigenvalue weighted by Crippen LogP contribution is -2.21. The van der Waals surface area contributed by atoms with Crippen molar-refractivity contribution in [1.82, 2.24) is 4.90 Å². The van der Waals surface area contributed by atoms with Crippen molar-refractivity contribution in [3.63, 3.8) is 0 Å².